The second-order valence-corrected chi connectivity index (χ2v) is 2.62. The molecular formula is C7H8N4O3. The smallest absolute Gasteiger partial charge is 0.352 e. The number of carbonyl (C=O) groups excluding carboxylic acids is 3. The lowest BCUT2D eigenvalue weighted by molar-refractivity contribution is -0.121. The van der Waals surface area contributed by atoms with E-state index in [2.05, 4.69) is 9.98 Å². The Labute approximate surface area is 79.3 Å². The van der Waals surface area contributed by atoms with E-state index in [0.717, 1.165) is 4.90 Å². The van der Waals surface area contributed by atoms with Crippen LogP contribution in [0.2, 0.25) is 0 Å². The van der Waals surface area contributed by atoms with E-state index in [1.165, 1.54) is 14.0 Å². The third-order valence-electron chi connectivity index (χ3n) is 1.52. The summed E-state index contributed by atoms with van der Waals surface area (Å²) in [6.45, 7) is 1.17. The summed E-state index contributed by atoms with van der Waals surface area (Å²) in [5.41, 5.74) is 4.98. The van der Waals surface area contributed by atoms with Crippen molar-refractivity contribution in [1.82, 2.24) is 4.90 Å². The molecule has 14 heavy (non-hydrogen) atoms. The Morgan fingerprint density at radius 2 is 2.07 bits per heavy atom. The Kier molecular flexibility index (Phi) is 2.41. The largest absolute Gasteiger partial charge is 0.382 e. The standard InChI is InChI=1S/C7H8N4O3/c1-3(12)9-4-5(8)10-7(14)11(2)6(4)13/h1-2H3,(H2,8,10,14). The molecule has 0 saturated heterocycles. The van der Waals surface area contributed by atoms with Crippen molar-refractivity contribution in [3.8, 4) is 0 Å². The summed E-state index contributed by atoms with van der Waals surface area (Å²) in [5, 5.41) is 0. The Bertz CT molecular complexity index is 382. The maximum absolute atomic E-state index is 11.3. The molecule has 4 amide bonds. The SMILES string of the molecule is CC(=O)N=C1C(=O)N(C)C(=O)N=C1N. The maximum Gasteiger partial charge on any atom is 0.352 e. The Balaban J connectivity index is 3.20. The molecule has 0 saturated carbocycles. The third-order valence-corrected chi connectivity index (χ3v) is 1.52. The minimum Gasteiger partial charge on any atom is -0.382 e. The van der Waals surface area contributed by atoms with Crippen LogP contribution in [-0.2, 0) is 9.59 Å². The van der Waals surface area contributed by atoms with E-state index in [0.29, 0.717) is 0 Å². The number of hydrogen-bond acceptors (Lipinski definition) is 4. The molecule has 2 N–H and O–H groups in total. The number of carbonyl (C=O) groups is 3. The zero-order valence-corrected chi connectivity index (χ0v) is 7.64. The molecule has 1 heterocycles. The molecular weight excluding hydrogens is 188 g/mol. The van der Waals surface area contributed by atoms with Crippen molar-refractivity contribution in [2.75, 3.05) is 7.05 Å². The van der Waals surface area contributed by atoms with Crippen LogP contribution in [0.1, 0.15) is 6.92 Å². The molecule has 1 rings (SSSR count). The zero-order valence-electron chi connectivity index (χ0n) is 7.64. The van der Waals surface area contributed by atoms with Crippen LogP contribution >= 0.6 is 0 Å². The van der Waals surface area contributed by atoms with Crippen LogP contribution in [0.15, 0.2) is 9.98 Å². The van der Waals surface area contributed by atoms with Gasteiger partial charge in [-0.2, -0.15) is 4.99 Å². The van der Waals surface area contributed by atoms with Gasteiger partial charge in [0.15, 0.2) is 11.5 Å². The third kappa shape index (κ3) is 1.65. The first-order chi connectivity index (χ1) is 6.43. The van der Waals surface area contributed by atoms with Crippen LogP contribution < -0.4 is 5.73 Å². The topological polar surface area (TPSA) is 105 Å². The highest BCUT2D eigenvalue weighted by Crippen LogP contribution is 2.01. The zero-order chi connectivity index (χ0) is 10.9. The van der Waals surface area contributed by atoms with Gasteiger partial charge in [0.05, 0.1) is 0 Å². The van der Waals surface area contributed by atoms with Crippen molar-refractivity contribution < 1.29 is 14.4 Å². The lowest BCUT2D eigenvalue weighted by atomic mass is 10.2. The van der Waals surface area contributed by atoms with Crippen LogP contribution in [0.4, 0.5) is 4.79 Å². The first kappa shape index (κ1) is 10.0. The molecule has 7 heteroatoms. The monoisotopic (exact) mass is 196 g/mol. The van der Waals surface area contributed by atoms with E-state index in [9.17, 15) is 14.4 Å². The summed E-state index contributed by atoms with van der Waals surface area (Å²) >= 11 is 0. The lowest BCUT2D eigenvalue weighted by Gasteiger charge is -2.17. The normalized spacial score (nSPS) is 20.0. The Morgan fingerprint density at radius 1 is 1.50 bits per heavy atom. The predicted octanol–water partition coefficient (Wildman–Crippen LogP) is -1.08. The number of nitrogens with two attached hydrogens (primary N) is 1. The minimum atomic E-state index is -0.769. The summed E-state index contributed by atoms with van der Waals surface area (Å²) in [4.78, 5) is 40.3. The van der Waals surface area contributed by atoms with Crippen molar-refractivity contribution in [3.63, 3.8) is 0 Å². The molecule has 0 aromatic heterocycles. The van der Waals surface area contributed by atoms with Gasteiger partial charge < -0.3 is 5.73 Å². The highest BCUT2D eigenvalue weighted by molar-refractivity contribution is 6.69. The van der Waals surface area contributed by atoms with Crippen molar-refractivity contribution in [3.05, 3.63) is 0 Å². The summed E-state index contributed by atoms with van der Waals surface area (Å²) in [7, 11) is 1.23. The molecule has 0 radical (unpaired) electrons. The fourth-order valence-electron chi connectivity index (χ4n) is 0.849. The second kappa shape index (κ2) is 3.36. The molecule has 74 valence electrons. The molecule has 0 spiro atoms. The number of nitrogens with zero attached hydrogens (tertiary/aromatic N) is 3. The van der Waals surface area contributed by atoms with E-state index in [1.807, 2.05) is 0 Å². The van der Waals surface area contributed by atoms with Gasteiger partial charge >= 0.3 is 6.03 Å². The summed E-state index contributed by atoms with van der Waals surface area (Å²) in [6.07, 6.45) is 0. The molecule has 0 bridgehead atoms. The van der Waals surface area contributed by atoms with Crippen molar-refractivity contribution >= 4 is 29.4 Å². The maximum atomic E-state index is 11.3. The summed E-state index contributed by atoms with van der Waals surface area (Å²) < 4.78 is 0. The number of urea groups is 1. The highest BCUT2D eigenvalue weighted by Gasteiger charge is 2.30. The average molecular weight is 196 g/mol. The van der Waals surface area contributed by atoms with E-state index >= 15 is 0 Å². The number of aliphatic imine (C=N–C) groups is 2. The first-order valence-electron chi connectivity index (χ1n) is 3.69. The summed E-state index contributed by atoms with van der Waals surface area (Å²) in [6, 6.07) is -0.769. The Hall–Kier alpha value is -2.05. The van der Waals surface area contributed by atoms with E-state index < -0.39 is 17.8 Å². The van der Waals surface area contributed by atoms with Gasteiger partial charge in [0.1, 0.15) is 0 Å². The van der Waals surface area contributed by atoms with Gasteiger partial charge in [0, 0.05) is 14.0 Å². The number of imide groups is 1. The molecule has 0 aromatic carbocycles. The highest BCUT2D eigenvalue weighted by atomic mass is 16.2. The minimum absolute atomic E-state index is 0.292. The van der Waals surface area contributed by atoms with Gasteiger partial charge in [0.2, 0.25) is 5.91 Å². The van der Waals surface area contributed by atoms with E-state index in [1.54, 1.807) is 0 Å². The van der Waals surface area contributed by atoms with Gasteiger partial charge in [-0.1, -0.05) is 0 Å². The van der Waals surface area contributed by atoms with Crippen LogP contribution in [0.3, 0.4) is 0 Å². The van der Waals surface area contributed by atoms with Crippen molar-refractivity contribution in [1.29, 1.82) is 0 Å². The molecule has 0 atom stereocenters. The van der Waals surface area contributed by atoms with E-state index in [-0.39, 0.29) is 11.5 Å². The molecule has 0 unspecified atom stereocenters. The predicted molar refractivity (Wildman–Crippen MR) is 47.9 cm³/mol. The van der Waals surface area contributed by atoms with Crippen molar-refractivity contribution in [2.45, 2.75) is 6.92 Å². The van der Waals surface area contributed by atoms with E-state index in [4.69, 9.17) is 5.73 Å². The molecule has 1 aliphatic heterocycles. The van der Waals surface area contributed by atoms with Gasteiger partial charge in [0.25, 0.3) is 5.91 Å². The van der Waals surface area contributed by atoms with Crippen LogP contribution in [0.5, 0.6) is 0 Å². The lowest BCUT2D eigenvalue weighted by Crippen LogP contribution is -2.48. The van der Waals surface area contributed by atoms with Crippen LogP contribution in [-0.4, -0.2) is 41.3 Å². The molecule has 1 aliphatic rings. The summed E-state index contributed by atoms with van der Waals surface area (Å²) in [5.74, 6) is -1.62. The second-order valence-electron chi connectivity index (χ2n) is 2.62. The molecule has 0 aromatic rings. The number of amides is 4. The van der Waals surface area contributed by atoms with Crippen LogP contribution in [0, 0.1) is 0 Å². The Morgan fingerprint density at radius 3 is 2.57 bits per heavy atom. The fourth-order valence-corrected chi connectivity index (χ4v) is 0.849. The average Bonchev–Trinajstić information content (AvgIpc) is 2.09. The van der Waals surface area contributed by atoms with Gasteiger partial charge in [-0.05, 0) is 0 Å². The molecule has 7 nitrogen and oxygen atoms in total. The van der Waals surface area contributed by atoms with Gasteiger partial charge in [-0.15, -0.1) is 0 Å². The van der Waals surface area contributed by atoms with Crippen LogP contribution in [0.25, 0.3) is 0 Å². The first-order valence-corrected chi connectivity index (χ1v) is 3.69. The molecule has 0 fully saturated rings. The fraction of sp³-hybridized carbons (Fsp3) is 0.286. The number of rotatable bonds is 0. The van der Waals surface area contributed by atoms with Gasteiger partial charge in [-0.3, -0.25) is 14.5 Å². The molecule has 0 aliphatic carbocycles. The van der Waals surface area contributed by atoms with Crippen molar-refractivity contribution in [2.24, 2.45) is 15.7 Å². The number of amidine groups is 1. The number of hydrogen-bond donors (Lipinski definition) is 1. The quantitative estimate of drug-likeness (QED) is 0.532. The van der Waals surface area contributed by atoms with Gasteiger partial charge in [-0.25, -0.2) is 9.79 Å².